The van der Waals surface area contributed by atoms with E-state index in [1.54, 1.807) is 0 Å². The Hall–Kier alpha value is 0.0134. The summed E-state index contributed by atoms with van der Waals surface area (Å²) in [5.74, 6) is -0.955. The summed E-state index contributed by atoms with van der Waals surface area (Å²) in [6.07, 6.45) is 1.14. The second-order valence-corrected chi connectivity index (χ2v) is 1.88. The van der Waals surface area contributed by atoms with Gasteiger partial charge in [-0.2, -0.15) is 0 Å². The van der Waals surface area contributed by atoms with Gasteiger partial charge in [-0.1, -0.05) is 0 Å². The topological polar surface area (TPSA) is 89.3 Å². The van der Waals surface area contributed by atoms with Crippen LogP contribution in [0.25, 0.3) is 0 Å². The van der Waals surface area contributed by atoms with Crippen molar-refractivity contribution >= 4 is 5.97 Å². The molecular weight excluding hydrogens is 185 g/mol. The summed E-state index contributed by atoms with van der Waals surface area (Å²) in [6.45, 7) is 0.501. The van der Waals surface area contributed by atoms with Gasteiger partial charge in [-0.3, -0.25) is 4.79 Å². The summed E-state index contributed by atoms with van der Waals surface area (Å²) in [7, 11) is 0. The van der Waals surface area contributed by atoms with Crippen LogP contribution in [0.1, 0.15) is 12.8 Å². The smallest absolute Gasteiger partial charge is 0.320 e. The van der Waals surface area contributed by atoms with Gasteiger partial charge in [-0.25, -0.2) is 0 Å². The van der Waals surface area contributed by atoms with E-state index in [-0.39, 0.29) is 19.5 Å². The van der Waals surface area contributed by atoms with E-state index in [0.29, 0.717) is 19.4 Å². The molecule has 1 atom stereocenters. The summed E-state index contributed by atoms with van der Waals surface area (Å²) in [5.41, 5.74) is 10.3. The van der Waals surface area contributed by atoms with E-state index in [1.807, 2.05) is 0 Å². The van der Waals surface area contributed by atoms with Gasteiger partial charge >= 0.3 is 5.97 Å². The Labute approximate surface area is 72.7 Å². The molecule has 5 heteroatoms. The predicted octanol–water partition coefficient (Wildman–Crippen LogP) is -0.865. The number of carboxylic acids is 1. The first-order valence-corrected chi connectivity index (χ1v) is 2.87. The number of rotatable bonds is 4. The fraction of sp³-hybridized carbons (Fsp3) is 0.800. The van der Waals surface area contributed by atoms with Crippen molar-refractivity contribution in [3.63, 3.8) is 0 Å². The molecule has 10 heavy (non-hydrogen) atoms. The Morgan fingerprint density at radius 1 is 1.60 bits per heavy atom. The zero-order chi connectivity index (χ0) is 7.28. The zero-order valence-electron chi connectivity index (χ0n) is 5.92. The van der Waals surface area contributed by atoms with Crippen molar-refractivity contribution in [3.05, 3.63) is 0 Å². The number of hydrogen-bond donors (Lipinski definition) is 3. The molecule has 0 bridgehead atoms. The van der Waals surface area contributed by atoms with E-state index >= 15 is 0 Å². The summed E-state index contributed by atoms with van der Waals surface area (Å²) >= 11 is 0. The maximum atomic E-state index is 10.0. The van der Waals surface area contributed by atoms with E-state index in [0.717, 1.165) is 0 Å². The number of hydrogen-bond acceptors (Lipinski definition) is 3. The fourth-order valence-electron chi connectivity index (χ4n) is 0.461. The van der Waals surface area contributed by atoms with Crippen molar-refractivity contribution in [1.82, 2.24) is 0 Å². The molecule has 0 fully saturated rings. The molecule has 0 spiro atoms. The van der Waals surface area contributed by atoms with E-state index in [4.69, 9.17) is 16.6 Å². The second kappa shape index (κ2) is 7.12. The van der Waals surface area contributed by atoms with Crippen LogP contribution in [0.3, 0.4) is 0 Å². The molecule has 56 valence electrons. The van der Waals surface area contributed by atoms with Crippen molar-refractivity contribution in [2.45, 2.75) is 18.9 Å². The van der Waals surface area contributed by atoms with E-state index in [2.05, 4.69) is 0 Å². The van der Waals surface area contributed by atoms with Crippen molar-refractivity contribution in [2.75, 3.05) is 6.54 Å². The molecule has 0 radical (unpaired) electrons. The Balaban J connectivity index is 0. The maximum absolute atomic E-state index is 10.0. The normalized spacial score (nSPS) is 11.8. The maximum Gasteiger partial charge on any atom is 0.320 e. The average Bonchev–Trinajstić information content (AvgIpc) is 1.82. The first-order chi connectivity index (χ1) is 4.18. The monoisotopic (exact) mass is 196 g/mol. The van der Waals surface area contributed by atoms with Crippen LogP contribution in [0, 0.1) is 0 Å². The van der Waals surface area contributed by atoms with Gasteiger partial charge < -0.3 is 16.6 Å². The molecule has 0 aromatic heterocycles. The van der Waals surface area contributed by atoms with Crippen molar-refractivity contribution in [2.24, 2.45) is 11.5 Å². The number of nitrogens with two attached hydrogens (primary N) is 2. The summed E-state index contributed by atoms with van der Waals surface area (Å²) in [5, 5.41) is 8.24. The van der Waals surface area contributed by atoms with Gasteiger partial charge in [0.05, 0.1) is 0 Å². The number of aliphatic carboxylic acids is 1. The first kappa shape index (κ1) is 12.7. The SMILES string of the molecule is NCCC[C@@H](N)C(=O)O.[Zn]. The first-order valence-electron chi connectivity index (χ1n) is 2.87. The minimum atomic E-state index is -0.955. The van der Waals surface area contributed by atoms with Gasteiger partial charge in [0.1, 0.15) is 6.04 Å². The molecule has 5 N–H and O–H groups in total. The van der Waals surface area contributed by atoms with Crippen LogP contribution in [-0.2, 0) is 24.3 Å². The van der Waals surface area contributed by atoms with Gasteiger partial charge in [-0.15, -0.1) is 0 Å². The second-order valence-electron chi connectivity index (χ2n) is 1.88. The van der Waals surface area contributed by atoms with Crippen LogP contribution in [0.4, 0.5) is 0 Å². The number of carboxylic acid groups (broad SMARTS) is 1. The van der Waals surface area contributed by atoms with Crippen LogP contribution in [-0.4, -0.2) is 23.7 Å². The molecule has 0 heterocycles. The Kier molecular flexibility index (Phi) is 9.03. The number of carbonyl (C=O) groups is 1. The van der Waals surface area contributed by atoms with Crippen LogP contribution in [0.15, 0.2) is 0 Å². The van der Waals surface area contributed by atoms with Crippen LogP contribution >= 0.6 is 0 Å². The molecule has 0 aliphatic carbocycles. The van der Waals surface area contributed by atoms with Gasteiger partial charge in [0.25, 0.3) is 0 Å². The molecule has 4 nitrogen and oxygen atoms in total. The molecule has 0 amide bonds. The predicted molar refractivity (Wildman–Crippen MR) is 33.9 cm³/mol. The van der Waals surface area contributed by atoms with Crippen LogP contribution in [0.2, 0.25) is 0 Å². The summed E-state index contributed by atoms with van der Waals surface area (Å²) < 4.78 is 0. The van der Waals surface area contributed by atoms with Crippen molar-refractivity contribution in [3.8, 4) is 0 Å². The van der Waals surface area contributed by atoms with Gasteiger partial charge in [0.15, 0.2) is 0 Å². The third kappa shape index (κ3) is 6.14. The molecule has 0 aliphatic rings. The largest absolute Gasteiger partial charge is 0.480 e. The average molecular weight is 198 g/mol. The minimum absolute atomic E-state index is 0. The molecule has 0 aromatic rings. The van der Waals surface area contributed by atoms with E-state index in [1.165, 1.54) is 0 Å². The molecule has 0 unspecified atom stereocenters. The third-order valence-corrected chi connectivity index (χ3v) is 1.04. The standard InChI is InChI=1S/C5H12N2O2.Zn/c6-3-1-2-4(7)5(8)9;/h4H,1-3,6-7H2,(H,8,9);/t4-;/m1./s1. The Morgan fingerprint density at radius 3 is 2.40 bits per heavy atom. The molecular formula is C5H12N2O2Zn. The summed E-state index contributed by atoms with van der Waals surface area (Å²) in [6, 6.07) is -0.742. The molecule has 0 saturated carbocycles. The Morgan fingerprint density at radius 2 is 2.10 bits per heavy atom. The third-order valence-electron chi connectivity index (χ3n) is 1.04. The van der Waals surface area contributed by atoms with Gasteiger partial charge in [-0.05, 0) is 19.4 Å². The van der Waals surface area contributed by atoms with Gasteiger partial charge in [0.2, 0.25) is 0 Å². The molecule has 0 aromatic carbocycles. The zero-order valence-corrected chi connectivity index (χ0v) is 8.88. The Bertz CT molecular complexity index is 99.6. The van der Waals surface area contributed by atoms with Crippen LogP contribution in [0.5, 0.6) is 0 Å². The van der Waals surface area contributed by atoms with E-state index < -0.39 is 12.0 Å². The van der Waals surface area contributed by atoms with E-state index in [9.17, 15) is 4.79 Å². The minimum Gasteiger partial charge on any atom is -0.480 e. The van der Waals surface area contributed by atoms with Gasteiger partial charge in [0, 0.05) is 19.5 Å². The van der Waals surface area contributed by atoms with Crippen LogP contribution < -0.4 is 11.5 Å². The molecule has 0 rings (SSSR count). The fourth-order valence-corrected chi connectivity index (χ4v) is 0.461. The quantitative estimate of drug-likeness (QED) is 0.512. The molecule has 0 aliphatic heterocycles. The summed E-state index contributed by atoms with van der Waals surface area (Å²) in [4.78, 5) is 10.0. The van der Waals surface area contributed by atoms with Crippen molar-refractivity contribution in [1.29, 1.82) is 0 Å². The molecule has 0 saturated heterocycles. The van der Waals surface area contributed by atoms with Crippen molar-refractivity contribution < 1.29 is 29.4 Å².